The minimum Gasteiger partial charge on any atom is -0.379 e. The van der Waals surface area contributed by atoms with Crippen LogP contribution in [-0.4, -0.2) is 25.4 Å². The van der Waals surface area contributed by atoms with E-state index in [1.165, 1.54) is 10.5 Å². The maximum Gasteiger partial charge on any atom is 0.0670 e. The molecule has 0 aliphatic carbocycles. The summed E-state index contributed by atoms with van der Waals surface area (Å²) in [7, 11) is 1.99. The Kier molecular flexibility index (Phi) is 4.00. The van der Waals surface area contributed by atoms with Crippen LogP contribution < -0.4 is 10.6 Å². The quantitative estimate of drug-likeness (QED) is 0.869. The molecule has 4 heteroatoms. The number of anilines is 1. The Morgan fingerprint density at radius 1 is 1.56 bits per heavy atom. The minimum absolute atomic E-state index is 0.519. The van der Waals surface area contributed by atoms with Gasteiger partial charge in [-0.05, 0) is 44.6 Å². The van der Waals surface area contributed by atoms with E-state index in [1.807, 2.05) is 24.9 Å². The first-order chi connectivity index (χ1) is 7.70. The first-order valence-electron chi connectivity index (χ1n) is 5.55. The summed E-state index contributed by atoms with van der Waals surface area (Å²) >= 11 is 8.16. The molecule has 16 heavy (non-hydrogen) atoms. The van der Waals surface area contributed by atoms with Crippen molar-refractivity contribution in [2.45, 2.75) is 24.3 Å². The van der Waals surface area contributed by atoms with Gasteiger partial charge in [0.1, 0.15) is 0 Å². The van der Waals surface area contributed by atoms with Crippen molar-refractivity contribution in [2.24, 2.45) is 0 Å². The van der Waals surface area contributed by atoms with E-state index in [1.54, 1.807) is 0 Å². The summed E-state index contributed by atoms with van der Waals surface area (Å²) in [5.41, 5.74) is 2.34. The van der Waals surface area contributed by atoms with Gasteiger partial charge in [0.05, 0.1) is 10.7 Å². The molecule has 1 unspecified atom stereocenters. The van der Waals surface area contributed by atoms with Gasteiger partial charge in [0.25, 0.3) is 0 Å². The van der Waals surface area contributed by atoms with Crippen molar-refractivity contribution in [3.8, 4) is 0 Å². The van der Waals surface area contributed by atoms with E-state index in [-0.39, 0.29) is 0 Å². The third kappa shape index (κ3) is 2.65. The summed E-state index contributed by atoms with van der Waals surface area (Å²) in [4.78, 5) is 1.28. The first kappa shape index (κ1) is 12.1. The molecule has 0 saturated heterocycles. The molecule has 88 valence electrons. The number of nitrogens with one attached hydrogen (secondary N) is 2. The molecule has 0 fully saturated rings. The standard InChI is InChI=1S/C12H17ClN2S/c1-8-5-10(13)12-11(6-8)16-7-9(15-12)3-4-14-2/h5-6,9,14-15H,3-4,7H2,1-2H3. The van der Waals surface area contributed by atoms with Crippen LogP contribution in [0.4, 0.5) is 5.69 Å². The molecular weight excluding hydrogens is 240 g/mol. The Bertz CT molecular complexity index is 382. The van der Waals surface area contributed by atoms with Crippen LogP contribution >= 0.6 is 23.4 Å². The van der Waals surface area contributed by atoms with E-state index < -0.39 is 0 Å². The molecule has 1 heterocycles. The van der Waals surface area contributed by atoms with Gasteiger partial charge in [-0.15, -0.1) is 11.8 Å². The molecule has 1 aliphatic rings. The van der Waals surface area contributed by atoms with Crippen molar-refractivity contribution in [2.75, 3.05) is 24.7 Å². The lowest BCUT2D eigenvalue weighted by Gasteiger charge is -2.27. The van der Waals surface area contributed by atoms with Gasteiger partial charge in [0, 0.05) is 16.7 Å². The molecule has 0 spiro atoms. The third-order valence-corrected chi connectivity index (χ3v) is 4.23. The number of rotatable bonds is 3. The minimum atomic E-state index is 0.519. The fourth-order valence-corrected chi connectivity index (χ4v) is 3.47. The monoisotopic (exact) mass is 256 g/mol. The molecule has 1 atom stereocenters. The zero-order valence-electron chi connectivity index (χ0n) is 9.64. The molecule has 1 aliphatic heterocycles. The third-order valence-electron chi connectivity index (χ3n) is 2.73. The zero-order chi connectivity index (χ0) is 11.5. The normalized spacial score (nSPS) is 19.1. The molecular formula is C12H17ClN2S. The van der Waals surface area contributed by atoms with Crippen LogP contribution in [0.2, 0.25) is 5.02 Å². The lowest BCUT2D eigenvalue weighted by Crippen LogP contribution is -2.29. The molecule has 0 amide bonds. The molecule has 0 saturated carbocycles. The summed E-state index contributed by atoms with van der Waals surface area (Å²) in [5.74, 6) is 1.12. The van der Waals surface area contributed by atoms with Crippen LogP contribution in [0.3, 0.4) is 0 Å². The van der Waals surface area contributed by atoms with Crippen LogP contribution in [0, 0.1) is 6.92 Å². The van der Waals surface area contributed by atoms with Crippen molar-refractivity contribution < 1.29 is 0 Å². The number of benzene rings is 1. The smallest absolute Gasteiger partial charge is 0.0670 e. The topological polar surface area (TPSA) is 24.1 Å². The van der Waals surface area contributed by atoms with E-state index in [0.29, 0.717) is 6.04 Å². The van der Waals surface area contributed by atoms with E-state index in [4.69, 9.17) is 11.6 Å². The van der Waals surface area contributed by atoms with Crippen LogP contribution in [0.25, 0.3) is 0 Å². The van der Waals surface area contributed by atoms with E-state index in [0.717, 1.165) is 29.4 Å². The summed E-state index contributed by atoms with van der Waals surface area (Å²) in [5, 5.41) is 7.56. The number of aryl methyl sites for hydroxylation is 1. The Labute approximate surface area is 106 Å². The van der Waals surface area contributed by atoms with Crippen LogP contribution in [0.15, 0.2) is 17.0 Å². The van der Waals surface area contributed by atoms with Crippen molar-refractivity contribution in [1.82, 2.24) is 5.32 Å². The Morgan fingerprint density at radius 2 is 2.38 bits per heavy atom. The fourth-order valence-electron chi connectivity index (χ4n) is 1.87. The van der Waals surface area contributed by atoms with Crippen LogP contribution in [0.1, 0.15) is 12.0 Å². The Morgan fingerprint density at radius 3 is 3.12 bits per heavy atom. The van der Waals surface area contributed by atoms with Gasteiger partial charge in [0.15, 0.2) is 0 Å². The molecule has 2 nitrogen and oxygen atoms in total. The molecule has 0 bridgehead atoms. The molecule has 2 N–H and O–H groups in total. The molecule has 1 aromatic rings. The summed E-state index contributed by atoms with van der Waals surface area (Å²) in [6.45, 7) is 3.12. The predicted octanol–water partition coefficient (Wildman–Crippen LogP) is 3.14. The number of fused-ring (bicyclic) bond motifs is 1. The average Bonchev–Trinajstić information content (AvgIpc) is 2.26. The fraction of sp³-hybridized carbons (Fsp3) is 0.500. The second-order valence-corrected chi connectivity index (χ2v) is 5.63. The van der Waals surface area contributed by atoms with Gasteiger partial charge in [-0.3, -0.25) is 0 Å². The number of thioether (sulfide) groups is 1. The number of hydrogen-bond acceptors (Lipinski definition) is 3. The first-order valence-corrected chi connectivity index (χ1v) is 6.91. The maximum absolute atomic E-state index is 6.26. The van der Waals surface area contributed by atoms with Gasteiger partial charge in [-0.25, -0.2) is 0 Å². The average molecular weight is 257 g/mol. The highest BCUT2D eigenvalue weighted by molar-refractivity contribution is 7.99. The van der Waals surface area contributed by atoms with E-state index >= 15 is 0 Å². The van der Waals surface area contributed by atoms with Crippen LogP contribution in [0.5, 0.6) is 0 Å². The highest BCUT2D eigenvalue weighted by Gasteiger charge is 2.20. The zero-order valence-corrected chi connectivity index (χ0v) is 11.2. The number of halogens is 1. The predicted molar refractivity (Wildman–Crippen MR) is 72.9 cm³/mol. The molecule has 1 aromatic carbocycles. The Hall–Kier alpha value is -0.380. The molecule has 2 rings (SSSR count). The molecule has 0 aromatic heterocycles. The molecule has 0 radical (unpaired) electrons. The van der Waals surface area contributed by atoms with Crippen molar-refractivity contribution in [3.63, 3.8) is 0 Å². The SMILES string of the molecule is CNCCC1CSc2cc(C)cc(Cl)c2N1. The van der Waals surface area contributed by atoms with E-state index in [2.05, 4.69) is 23.6 Å². The summed E-state index contributed by atoms with van der Waals surface area (Å²) in [6, 6.07) is 4.74. The van der Waals surface area contributed by atoms with Gasteiger partial charge in [-0.1, -0.05) is 11.6 Å². The highest BCUT2D eigenvalue weighted by Crippen LogP contribution is 2.39. The second kappa shape index (κ2) is 5.30. The van der Waals surface area contributed by atoms with Crippen molar-refractivity contribution in [3.05, 3.63) is 22.7 Å². The van der Waals surface area contributed by atoms with Crippen molar-refractivity contribution in [1.29, 1.82) is 0 Å². The largest absolute Gasteiger partial charge is 0.379 e. The van der Waals surface area contributed by atoms with Gasteiger partial charge < -0.3 is 10.6 Å². The lowest BCUT2D eigenvalue weighted by atomic mass is 10.1. The van der Waals surface area contributed by atoms with Crippen LogP contribution in [-0.2, 0) is 0 Å². The Balaban J connectivity index is 2.14. The number of hydrogen-bond donors (Lipinski definition) is 2. The lowest BCUT2D eigenvalue weighted by molar-refractivity contribution is 0.658. The van der Waals surface area contributed by atoms with Gasteiger partial charge >= 0.3 is 0 Å². The summed E-state index contributed by atoms with van der Waals surface area (Å²) < 4.78 is 0. The van der Waals surface area contributed by atoms with Gasteiger partial charge in [-0.2, -0.15) is 0 Å². The van der Waals surface area contributed by atoms with E-state index in [9.17, 15) is 0 Å². The highest BCUT2D eigenvalue weighted by atomic mass is 35.5. The van der Waals surface area contributed by atoms with Gasteiger partial charge in [0.2, 0.25) is 0 Å². The second-order valence-electron chi connectivity index (χ2n) is 4.16. The van der Waals surface area contributed by atoms with Crippen molar-refractivity contribution >= 4 is 29.1 Å². The summed E-state index contributed by atoms with van der Waals surface area (Å²) in [6.07, 6.45) is 1.13. The maximum atomic E-state index is 6.26.